The van der Waals surface area contributed by atoms with Crippen LogP contribution in [-0.2, 0) is 25.2 Å². The third kappa shape index (κ3) is 3.66. The van der Waals surface area contributed by atoms with Crippen LogP contribution < -0.4 is 11.1 Å². The summed E-state index contributed by atoms with van der Waals surface area (Å²) < 4.78 is 43.4. The van der Waals surface area contributed by atoms with E-state index in [9.17, 15) is 18.0 Å². The zero-order valence-corrected chi connectivity index (χ0v) is 18.8. The highest BCUT2D eigenvalue weighted by Crippen LogP contribution is 2.44. The lowest BCUT2D eigenvalue weighted by molar-refractivity contribution is -0.137. The molecule has 5 heterocycles. The minimum atomic E-state index is -4.59. The predicted octanol–water partition coefficient (Wildman–Crippen LogP) is 3.10. The van der Waals surface area contributed by atoms with E-state index in [1.165, 1.54) is 6.20 Å². The van der Waals surface area contributed by atoms with Crippen LogP contribution in [0.5, 0.6) is 0 Å². The fraction of sp³-hybridized carbons (Fsp3) is 0.455. The number of halogens is 3. The minimum absolute atomic E-state index is 0.152. The molecule has 2 atom stereocenters. The Morgan fingerprint density at radius 3 is 2.74 bits per heavy atom. The molecule has 1 spiro atoms. The lowest BCUT2D eigenvalue weighted by atomic mass is 9.82. The van der Waals surface area contributed by atoms with Gasteiger partial charge in [-0.25, -0.2) is 9.78 Å². The molecule has 2 aliphatic rings. The summed E-state index contributed by atoms with van der Waals surface area (Å²) in [6, 6.07) is 4.32. The molecule has 1 saturated heterocycles. The Labute approximate surface area is 193 Å². The van der Waals surface area contributed by atoms with E-state index >= 15 is 0 Å². The highest BCUT2D eigenvalue weighted by molar-refractivity contribution is 5.75. The average molecular weight is 474 g/mol. The molecular formula is C22H25F3N8O. The number of nitrogens with zero attached hydrogens (tertiary/aromatic N) is 6. The van der Waals surface area contributed by atoms with Gasteiger partial charge in [-0.3, -0.25) is 9.36 Å². The molecule has 0 aliphatic carbocycles. The van der Waals surface area contributed by atoms with Gasteiger partial charge in [0.1, 0.15) is 5.82 Å². The Hall–Kier alpha value is -3.57. The average Bonchev–Trinajstić information content (AvgIpc) is 3.54. The van der Waals surface area contributed by atoms with Crippen molar-refractivity contribution in [3.63, 3.8) is 0 Å². The SMILES string of the molecule is CC(NC(=O)N1CC[C@]2(CCn3nc(-c4cnc(N)c(C(F)(F)F)c4)cc32)C1)c1ccnn1C. The minimum Gasteiger partial charge on any atom is -0.383 e. The molecule has 9 nitrogen and oxygen atoms in total. The zero-order chi connectivity index (χ0) is 24.3. The number of likely N-dealkylation sites (tertiary alicyclic amines) is 1. The van der Waals surface area contributed by atoms with Crippen LogP contribution in [0.1, 0.15) is 42.8 Å². The monoisotopic (exact) mass is 474 g/mol. The number of nitrogen functional groups attached to an aromatic ring is 1. The number of amides is 2. The molecule has 3 N–H and O–H groups in total. The fourth-order valence-electron chi connectivity index (χ4n) is 5.06. The van der Waals surface area contributed by atoms with Gasteiger partial charge in [0.2, 0.25) is 0 Å². The molecule has 0 aromatic carbocycles. The van der Waals surface area contributed by atoms with Crippen molar-refractivity contribution >= 4 is 11.8 Å². The van der Waals surface area contributed by atoms with E-state index in [0.717, 1.165) is 30.3 Å². The van der Waals surface area contributed by atoms with Gasteiger partial charge in [-0.05, 0) is 38.0 Å². The van der Waals surface area contributed by atoms with E-state index in [2.05, 4.69) is 20.5 Å². The van der Waals surface area contributed by atoms with Crippen molar-refractivity contribution in [1.82, 2.24) is 34.8 Å². The first kappa shape index (κ1) is 22.2. The van der Waals surface area contributed by atoms with Crippen molar-refractivity contribution in [1.29, 1.82) is 0 Å². The van der Waals surface area contributed by atoms with E-state index in [1.54, 1.807) is 15.8 Å². The number of nitrogens with one attached hydrogen (secondary N) is 1. The fourth-order valence-corrected chi connectivity index (χ4v) is 5.06. The summed E-state index contributed by atoms with van der Waals surface area (Å²) in [6.07, 6.45) is -0.00942. The highest BCUT2D eigenvalue weighted by Gasteiger charge is 2.47. The number of nitrogens with two attached hydrogens (primary N) is 1. The molecular weight excluding hydrogens is 449 g/mol. The van der Waals surface area contributed by atoms with Gasteiger partial charge in [0, 0.05) is 55.7 Å². The third-order valence-corrected chi connectivity index (χ3v) is 6.93. The molecule has 2 aliphatic heterocycles. The van der Waals surface area contributed by atoms with Gasteiger partial charge in [0.05, 0.1) is 23.0 Å². The van der Waals surface area contributed by atoms with Crippen LogP contribution >= 0.6 is 0 Å². The number of pyridine rings is 1. The Bertz CT molecular complexity index is 1250. The van der Waals surface area contributed by atoms with Crippen molar-refractivity contribution in [3.8, 4) is 11.3 Å². The van der Waals surface area contributed by atoms with Crippen LogP contribution in [-0.4, -0.2) is 48.6 Å². The van der Waals surface area contributed by atoms with Crippen molar-refractivity contribution < 1.29 is 18.0 Å². The van der Waals surface area contributed by atoms with Gasteiger partial charge in [-0.1, -0.05) is 0 Å². The van der Waals surface area contributed by atoms with Gasteiger partial charge in [0.15, 0.2) is 0 Å². The number of aryl methyl sites for hydroxylation is 2. The molecule has 5 rings (SSSR count). The number of carbonyl (C=O) groups is 1. The van der Waals surface area contributed by atoms with E-state index in [0.29, 0.717) is 25.3 Å². The summed E-state index contributed by atoms with van der Waals surface area (Å²) in [6.45, 7) is 3.67. The molecule has 180 valence electrons. The summed E-state index contributed by atoms with van der Waals surface area (Å²) >= 11 is 0. The molecule has 0 radical (unpaired) electrons. The number of aromatic nitrogens is 5. The second-order valence-electron chi connectivity index (χ2n) is 9.05. The van der Waals surface area contributed by atoms with Crippen molar-refractivity contribution in [2.45, 2.75) is 43.9 Å². The maximum absolute atomic E-state index is 13.3. The number of carbonyl (C=O) groups excluding carboxylic acids is 1. The summed E-state index contributed by atoms with van der Waals surface area (Å²) in [7, 11) is 1.83. The normalized spacial score (nSPS) is 20.7. The maximum atomic E-state index is 13.3. The van der Waals surface area contributed by atoms with Crippen LogP contribution in [0.2, 0.25) is 0 Å². The van der Waals surface area contributed by atoms with Crippen LogP contribution in [0.15, 0.2) is 30.6 Å². The van der Waals surface area contributed by atoms with E-state index < -0.39 is 17.6 Å². The number of hydrogen-bond acceptors (Lipinski definition) is 5. The number of fused-ring (bicyclic) bond motifs is 2. The topological polar surface area (TPSA) is 107 Å². The first-order chi connectivity index (χ1) is 16.1. The number of alkyl halides is 3. The van der Waals surface area contributed by atoms with Crippen LogP contribution in [0.4, 0.5) is 23.8 Å². The van der Waals surface area contributed by atoms with Crippen LogP contribution in [0, 0.1) is 0 Å². The lowest BCUT2D eigenvalue weighted by Gasteiger charge is -2.25. The zero-order valence-electron chi connectivity index (χ0n) is 18.8. The molecule has 3 aromatic rings. The van der Waals surface area contributed by atoms with Gasteiger partial charge >= 0.3 is 12.2 Å². The number of anilines is 1. The second-order valence-corrected chi connectivity index (χ2v) is 9.05. The highest BCUT2D eigenvalue weighted by atomic mass is 19.4. The molecule has 1 unspecified atom stereocenters. The number of rotatable bonds is 3. The summed E-state index contributed by atoms with van der Waals surface area (Å²) in [4.78, 5) is 18.5. The Kier molecular flexibility index (Phi) is 5.06. The number of urea groups is 1. The van der Waals surface area contributed by atoms with Gasteiger partial charge in [-0.15, -0.1) is 0 Å². The van der Waals surface area contributed by atoms with Crippen molar-refractivity contribution in [3.05, 3.63) is 47.5 Å². The maximum Gasteiger partial charge on any atom is 0.419 e. The van der Waals surface area contributed by atoms with Crippen LogP contribution in [0.25, 0.3) is 11.3 Å². The van der Waals surface area contributed by atoms with Crippen molar-refractivity contribution in [2.24, 2.45) is 7.05 Å². The first-order valence-corrected chi connectivity index (χ1v) is 11.0. The van der Waals surface area contributed by atoms with Gasteiger partial charge in [0.25, 0.3) is 0 Å². The molecule has 0 bridgehead atoms. The first-order valence-electron chi connectivity index (χ1n) is 11.0. The summed E-state index contributed by atoms with van der Waals surface area (Å²) in [5.41, 5.74) is 6.70. The second kappa shape index (κ2) is 7.74. The quantitative estimate of drug-likeness (QED) is 0.607. The number of hydrogen-bond donors (Lipinski definition) is 2. The van der Waals surface area contributed by atoms with E-state index in [-0.39, 0.29) is 23.1 Å². The van der Waals surface area contributed by atoms with E-state index in [4.69, 9.17) is 5.73 Å². The van der Waals surface area contributed by atoms with Gasteiger partial charge in [-0.2, -0.15) is 23.4 Å². The molecule has 12 heteroatoms. The molecule has 1 fully saturated rings. The largest absolute Gasteiger partial charge is 0.419 e. The Morgan fingerprint density at radius 2 is 2.03 bits per heavy atom. The van der Waals surface area contributed by atoms with Gasteiger partial charge < -0.3 is 16.0 Å². The summed E-state index contributed by atoms with van der Waals surface area (Å²) in [5, 5.41) is 11.7. The predicted molar refractivity (Wildman–Crippen MR) is 118 cm³/mol. The van der Waals surface area contributed by atoms with Crippen LogP contribution in [0.3, 0.4) is 0 Å². The molecule has 34 heavy (non-hydrogen) atoms. The molecule has 2 amide bonds. The smallest absolute Gasteiger partial charge is 0.383 e. The summed E-state index contributed by atoms with van der Waals surface area (Å²) in [5.74, 6) is -0.558. The Balaban J connectivity index is 1.35. The lowest BCUT2D eigenvalue weighted by Crippen LogP contribution is -2.41. The van der Waals surface area contributed by atoms with Crippen molar-refractivity contribution in [2.75, 3.05) is 18.8 Å². The Morgan fingerprint density at radius 1 is 1.26 bits per heavy atom. The molecule has 3 aromatic heterocycles. The molecule has 0 saturated carbocycles. The standard InChI is InChI=1S/C22H25F3N8O/c1-13(17-3-6-28-31(17)2)29-20(34)32-7-4-21(12-32)5-8-33-18(21)10-16(30-33)14-9-15(22(23,24)25)19(26)27-11-14/h3,6,9-11,13H,4-5,7-8,12H2,1-2H3,(H2,26,27)(H,29,34)/t13?,21-/m0/s1. The third-order valence-electron chi connectivity index (χ3n) is 6.93. The van der Waals surface area contributed by atoms with E-state index in [1.807, 2.05) is 30.8 Å².